The van der Waals surface area contributed by atoms with Crippen LogP contribution in [0.1, 0.15) is 42.5 Å². The summed E-state index contributed by atoms with van der Waals surface area (Å²) in [5.74, 6) is -0.0748. The van der Waals surface area contributed by atoms with Crippen molar-refractivity contribution in [1.29, 1.82) is 0 Å². The van der Waals surface area contributed by atoms with Crippen molar-refractivity contribution in [3.05, 3.63) is 34.6 Å². The lowest BCUT2D eigenvalue weighted by Gasteiger charge is -2.16. The van der Waals surface area contributed by atoms with Crippen molar-refractivity contribution in [3.63, 3.8) is 0 Å². The molecule has 5 nitrogen and oxygen atoms in total. The first-order valence-corrected chi connectivity index (χ1v) is 8.89. The Morgan fingerprint density at radius 1 is 1.26 bits per heavy atom. The minimum Gasteiger partial charge on any atom is -0.355 e. The van der Waals surface area contributed by atoms with Crippen LogP contribution in [0.15, 0.2) is 29.3 Å². The fraction of sp³-hybridized carbons (Fsp3) is 0.471. The molecule has 0 unspecified atom stereocenters. The van der Waals surface area contributed by atoms with Gasteiger partial charge >= 0.3 is 0 Å². The molecule has 0 aliphatic heterocycles. The molecule has 2 aromatic rings. The number of aryl methyl sites for hydroxylation is 1. The fourth-order valence-electron chi connectivity index (χ4n) is 2.85. The third-order valence-electron chi connectivity index (χ3n) is 4.19. The number of benzene rings is 1. The number of aromatic nitrogens is 2. The van der Waals surface area contributed by atoms with E-state index in [0.717, 1.165) is 15.4 Å². The van der Waals surface area contributed by atoms with Crippen molar-refractivity contribution < 1.29 is 4.79 Å². The fourth-order valence-corrected chi connectivity index (χ4v) is 3.82. The molecule has 122 valence electrons. The van der Waals surface area contributed by atoms with Crippen molar-refractivity contribution in [3.8, 4) is 10.6 Å². The molecule has 3 rings (SSSR count). The van der Waals surface area contributed by atoms with Crippen LogP contribution in [0.2, 0.25) is 0 Å². The molecule has 1 heterocycles. The highest BCUT2D eigenvalue weighted by Crippen LogP contribution is 2.22. The topological polar surface area (TPSA) is 59.3 Å². The SMILES string of the molecule is CNC(=O)c1ccc(-c2nn(C)c(=NC3CCCCC3)s2)cc1. The first-order valence-electron chi connectivity index (χ1n) is 8.08. The van der Waals surface area contributed by atoms with Crippen LogP contribution in [-0.2, 0) is 7.05 Å². The molecule has 0 saturated heterocycles. The lowest BCUT2D eigenvalue weighted by atomic mass is 9.96. The summed E-state index contributed by atoms with van der Waals surface area (Å²) < 4.78 is 1.86. The van der Waals surface area contributed by atoms with Crippen LogP contribution in [0.5, 0.6) is 0 Å². The summed E-state index contributed by atoms with van der Waals surface area (Å²) in [5, 5.41) is 8.15. The predicted molar refractivity (Wildman–Crippen MR) is 92.3 cm³/mol. The Bertz CT molecular complexity index is 739. The highest BCUT2D eigenvalue weighted by molar-refractivity contribution is 7.12. The molecule has 23 heavy (non-hydrogen) atoms. The number of amides is 1. The number of nitrogens with zero attached hydrogens (tertiary/aromatic N) is 3. The quantitative estimate of drug-likeness (QED) is 0.941. The van der Waals surface area contributed by atoms with Crippen LogP contribution in [0.4, 0.5) is 0 Å². The Labute approximate surface area is 140 Å². The van der Waals surface area contributed by atoms with E-state index >= 15 is 0 Å². The van der Waals surface area contributed by atoms with Gasteiger partial charge in [0.05, 0.1) is 6.04 Å². The average Bonchev–Trinajstić information content (AvgIpc) is 2.96. The Kier molecular flexibility index (Phi) is 4.91. The Morgan fingerprint density at radius 3 is 2.61 bits per heavy atom. The summed E-state index contributed by atoms with van der Waals surface area (Å²) in [5.41, 5.74) is 1.67. The first-order chi connectivity index (χ1) is 11.2. The highest BCUT2D eigenvalue weighted by atomic mass is 32.1. The van der Waals surface area contributed by atoms with Gasteiger partial charge in [0, 0.05) is 25.2 Å². The third-order valence-corrected chi connectivity index (χ3v) is 5.26. The number of hydrogen-bond acceptors (Lipinski definition) is 4. The maximum Gasteiger partial charge on any atom is 0.251 e. The van der Waals surface area contributed by atoms with Gasteiger partial charge < -0.3 is 5.32 Å². The lowest BCUT2D eigenvalue weighted by Crippen LogP contribution is -2.18. The minimum absolute atomic E-state index is 0.0748. The highest BCUT2D eigenvalue weighted by Gasteiger charge is 2.13. The van der Waals surface area contributed by atoms with E-state index < -0.39 is 0 Å². The van der Waals surface area contributed by atoms with Gasteiger partial charge in [-0.2, -0.15) is 5.10 Å². The Morgan fingerprint density at radius 2 is 1.96 bits per heavy atom. The van der Waals surface area contributed by atoms with Crippen LogP contribution < -0.4 is 10.1 Å². The zero-order valence-electron chi connectivity index (χ0n) is 13.6. The molecule has 1 aliphatic carbocycles. The van der Waals surface area contributed by atoms with Crippen molar-refractivity contribution in [1.82, 2.24) is 15.1 Å². The summed E-state index contributed by atoms with van der Waals surface area (Å²) in [4.78, 5) is 17.4. The van der Waals surface area contributed by atoms with E-state index in [-0.39, 0.29) is 5.91 Å². The van der Waals surface area contributed by atoms with Crippen LogP contribution in [0, 0.1) is 0 Å². The molecule has 0 radical (unpaired) electrons. The zero-order valence-corrected chi connectivity index (χ0v) is 14.4. The molecule has 1 saturated carbocycles. The van der Waals surface area contributed by atoms with Crippen LogP contribution in [0.25, 0.3) is 10.6 Å². The second-order valence-corrected chi connectivity index (χ2v) is 6.85. The van der Waals surface area contributed by atoms with Gasteiger partial charge in [0.25, 0.3) is 5.91 Å². The molecule has 1 aliphatic rings. The Balaban J connectivity index is 1.85. The molecule has 1 amide bonds. The van der Waals surface area contributed by atoms with Gasteiger partial charge in [0.15, 0.2) is 0 Å². The molecule has 0 spiro atoms. The van der Waals surface area contributed by atoms with Crippen LogP contribution >= 0.6 is 11.3 Å². The van der Waals surface area contributed by atoms with E-state index in [1.54, 1.807) is 18.4 Å². The second kappa shape index (κ2) is 7.08. The molecular weight excluding hydrogens is 308 g/mol. The van der Waals surface area contributed by atoms with Crippen molar-refractivity contribution >= 4 is 17.2 Å². The molecular formula is C17H22N4OS. The van der Waals surface area contributed by atoms with Crippen molar-refractivity contribution in [2.45, 2.75) is 38.1 Å². The zero-order chi connectivity index (χ0) is 16.2. The number of nitrogens with one attached hydrogen (secondary N) is 1. The van der Waals surface area contributed by atoms with Gasteiger partial charge in [-0.3, -0.25) is 9.79 Å². The molecule has 0 bridgehead atoms. The van der Waals surface area contributed by atoms with E-state index in [2.05, 4.69) is 10.4 Å². The van der Waals surface area contributed by atoms with E-state index in [1.807, 2.05) is 36.0 Å². The number of carbonyl (C=O) groups excluding carboxylic acids is 1. The standard InChI is InChI=1S/C17H22N4OS/c1-18-15(22)12-8-10-13(11-9-12)16-20-21(2)17(23-16)19-14-6-4-3-5-7-14/h8-11,14H,3-7H2,1-2H3,(H,18,22). The summed E-state index contributed by atoms with van der Waals surface area (Å²) in [6.07, 6.45) is 6.28. The van der Waals surface area contributed by atoms with E-state index in [0.29, 0.717) is 11.6 Å². The number of hydrogen-bond donors (Lipinski definition) is 1. The van der Waals surface area contributed by atoms with E-state index in [4.69, 9.17) is 4.99 Å². The second-order valence-electron chi connectivity index (χ2n) is 5.89. The van der Waals surface area contributed by atoms with Gasteiger partial charge in [0.2, 0.25) is 4.80 Å². The summed E-state index contributed by atoms with van der Waals surface area (Å²) >= 11 is 1.61. The maximum atomic E-state index is 11.6. The molecule has 6 heteroatoms. The predicted octanol–water partition coefficient (Wildman–Crippen LogP) is 2.74. The monoisotopic (exact) mass is 330 g/mol. The molecule has 1 N–H and O–H groups in total. The molecule has 1 aromatic carbocycles. The van der Waals surface area contributed by atoms with Gasteiger partial charge in [-0.05, 0) is 25.0 Å². The van der Waals surface area contributed by atoms with Gasteiger partial charge in [-0.1, -0.05) is 42.7 Å². The van der Waals surface area contributed by atoms with Gasteiger partial charge in [0.1, 0.15) is 5.01 Å². The van der Waals surface area contributed by atoms with Crippen LogP contribution in [0.3, 0.4) is 0 Å². The maximum absolute atomic E-state index is 11.6. The first kappa shape index (κ1) is 15.9. The molecule has 1 fully saturated rings. The Hall–Kier alpha value is -1.95. The smallest absolute Gasteiger partial charge is 0.251 e. The van der Waals surface area contributed by atoms with Crippen molar-refractivity contribution in [2.24, 2.45) is 12.0 Å². The lowest BCUT2D eigenvalue weighted by molar-refractivity contribution is 0.0963. The van der Waals surface area contributed by atoms with E-state index in [1.165, 1.54) is 32.1 Å². The van der Waals surface area contributed by atoms with Gasteiger partial charge in [-0.25, -0.2) is 4.68 Å². The number of carbonyl (C=O) groups is 1. The molecule has 1 aromatic heterocycles. The summed E-state index contributed by atoms with van der Waals surface area (Å²) in [6.45, 7) is 0. The van der Waals surface area contributed by atoms with Crippen LogP contribution in [-0.4, -0.2) is 28.8 Å². The van der Waals surface area contributed by atoms with Gasteiger partial charge in [-0.15, -0.1) is 0 Å². The van der Waals surface area contributed by atoms with Crippen molar-refractivity contribution in [2.75, 3.05) is 7.05 Å². The largest absolute Gasteiger partial charge is 0.355 e. The third kappa shape index (κ3) is 3.69. The minimum atomic E-state index is -0.0748. The molecule has 0 atom stereocenters. The van der Waals surface area contributed by atoms with E-state index in [9.17, 15) is 4.79 Å². The summed E-state index contributed by atoms with van der Waals surface area (Å²) in [6, 6.07) is 7.97. The normalized spacial score (nSPS) is 16.5. The summed E-state index contributed by atoms with van der Waals surface area (Å²) in [7, 11) is 3.58. The average molecular weight is 330 g/mol. The number of rotatable bonds is 3.